The van der Waals surface area contributed by atoms with Crippen molar-refractivity contribution in [3.05, 3.63) is 28.3 Å². The summed E-state index contributed by atoms with van der Waals surface area (Å²) in [5, 5.41) is 14.0. The smallest absolute Gasteiger partial charge is 0.275 e. The topological polar surface area (TPSA) is 73.6 Å². The van der Waals surface area contributed by atoms with E-state index in [1.165, 1.54) is 19.2 Å². The van der Waals surface area contributed by atoms with Crippen LogP contribution in [0.2, 0.25) is 0 Å². The summed E-state index contributed by atoms with van der Waals surface area (Å²) in [6.45, 7) is 7.01. The van der Waals surface area contributed by atoms with Gasteiger partial charge < -0.3 is 14.8 Å². The van der Waals surface area contributed by atoms with E-state index in [1.807, 2.05) is 20.8 Å². The average molecular weight is 268 g/mol. The number of nitrogens with one attached hydrogen (secondary N) is 1. The number of anilines is 1. The van der Waals surface area contributed by atoms with Crippen molar-refractivity contribution in [3.8, 4) is 5.75 Å². The fraction of sp³-hybridized carbons (Fsp3) is 0.538. The van der Waals surface area contributed by atoms with Crippen molar-refractivity contribution >= 4 is 11.4 Å². The second-order valence-corrected chi connectivity index (χ2v) is 4.72. The lowest BCUT2D eigenvalue weighted by Gasteiger charge is -2.25. The maximum absolute atomic E-state index is 10.8. The second-order valence-electron chi connectivity index (χ2n) is 4.72. The van der Waals surface area contributed by atoms with Gasteiger partial charge in [0.25, 0.3) is 5.69 Å². The number of nitro benzene ring substituents is 1. The van der Waals surface area contributed by atoms with Crippen LogP contribution in [-0.2, 0) is 4.74 Å². The summed E-state index contributed by atoms with van der Waals surface area (Å²) in [7, 11) is 1.48. The fourth-order valence-electron chi connectivity index (χ4n) is 1.67. The van der Waals surface area contributed by atoms with Crippen LogP contribution >= 0.6 is 0 Å². The number of hydrogen-bond acceptors (Lipinski definition) is 5. The lowest BCUT2D eigenvalue weighted by Crippen LogP contribution is -2.33. The Bertz CT molecular complexity index is 446. The van der Waals surface area contributed by atoms with E-state index in [0.29, 0.717) is 24.6 Å². The standard InChI is InChI=1S/C13H20N2O4/c1-5-19-13(2,3)9-14-10-6-11(15(16)17)8-12(7-10)18-4/h6-8,14H,5,9H2,1-4H3. The number of rotatable bonds is 7. The van der Waals surface area contributed by atoms with Gasteiger partial charge in [-0.2, -0.15) is 0 Å². The SMILES string of the molecule is CCOC(C)(C)CNc1cc(OC)cc([N+](=O)[O-])c1. The number of hydrogen-bond donors (Lipinski definition) is 1. The van der Waals surface area contributed by atoms with Gasteiger partial charge in [-0.1, -0.05) is 0 Å². The average Bonchev–Trinajstić information content (AvgIpc) is 2.36. The zero-order valence-electron chi connectivity index (χ0n) is 11.7. The van der Waals surface area contributed by atoms with E-state index in [1.54, 1.807) is 6.07 Å². The van der Waals surface area contributed by atoms with E-state index in [0.717, 1.165) is 0 Å². The number of nitrogens with zero attached hydrogens (tertiary/aromatic N) is 1. The van der Waals surface area contributed by atoms with Crippen LogP contribution in [0.3, 0.4) is 0 Å². The molecule has 0 bridgehead atoms. The van der Waals surface area contributed by atoms with Crippen LogP contribution in [0.25, 0.3) is 0 Å². The minimum atomic E-state index is -0.443. The van der Waals surface area contributed by atoms with Crippen LogP contribution in [0, 0.1) is 10.1 Å². The summed E-state index contributed by atoms with van der Waals surface area (Å²) in [5.41, 5.74) is 0.293. The van der Waals surface area contributed by atoms with Crippen LogP contribution in [0.5, 0.6) is 5.75 Å². The molecular weight excluding hydrogens is 248 g/mol. The van der Waals surface area contributed by atoms with Gasteiger partial charge in [0.05, 0.1) is 23.7 Å². The van der Waals surface area contributed by atoms with Crippen molar-refractivity contribution in [1.82, 2.24) is 0 Å². The molecule has 1 aromatic carbocycles. The van der Waals surface area contributed by atoms with Gasteiger partial charge in [-0.3, -0.25) is 10.1 Å². The first-order chi connectivity index (χ1) is 8.88. The first kappa shape index (κ1) is 15.2. The maximum atomic E-state index is 10.8. The lowest BCUT2D eigenvalue weighted by molar-refractivity contribution is -0.384. The summed E-state index contributed by atoms with van der Waals surface area (Å²) in [5.74, 6) is 0.450. The Morgan fingerprint density at radius 1 is 1.37 bits per heavy atom. The Morgan fingerprint density at radius 3 is 2.58 bits per heavy atom. The van der Waals surface area contributed by atoms with Gasteiger partial charge in [0.2, 0.25) is 0 Å². The molecule has 0 saturated carbocycles. The van der Waals surface area contributed by atoms with Crippen molar-refractivity contribution in [2.24, 2.45) is 0 Å². The van der Waals surface area contributed by atoms with E-state index < -0.39 is 4.92 Å². The van der Waals surface area contributed by atoms with Gasteiger partial charge in [-0.15, -0.1) is 0 Å². The predicted octanol–water partition coefficient (Wildman–Crippen LogP) is 2.83. The monoisotopic (exact) mass is 268 g/mol. The van der Waals surface area contributed by atoms with E-state index in [-0.39, 0.29) is 11.3 Å². The Kier molecular flexibility index (Phi) is 5.11. The fourth-order valence-corrected chi connectivity index (χ4v) is 1.67. The van der Waals surface area contributed by atoms with Gasteiger partial charge in [0.15, 0.2) is 0 Å². The zero-order valence-corrected chi connectivity index (χ0v) is 11.7. The van der Waals surface area contributed by atoms with E-state index in [4.69, 9.17) is 9.47 Å². The molecule has 0 aliphatic carbocycles. The molecule has 0 radical (unpaired) electrons. The van der Waals surface area contributed by atoms with Crippen molar-refractivity contribution < 1.29 is 14.4 Å². The molecule has 0 saturated heterocycles. The highest BCUT2D eigenvalue weighted by atomic mass is 16.6. The second kappa shape index (κ2) is 6.38. The molecule has 0 fully saturated rings. The predicted molar refractivity (Wildman–Crippen MR) is 73.8 cm³/mol. The van der Waals surface area contributed by atoms with Crippen LogP contribution < -0.4 is 10.1 Å². The number of methoxy groups -OCH3 is 1. The molecule has 0 amide bonds. The Balaban J connectivity index is 2.83. The largest absolute Gasteiger partial charge is 0.496 e. The third-order valence-electron chi connectivity index (χ3n) is 2.59. The maximum Gasteiger partial charge on any atom is 0.275 e. The Morgan fingerprint density at radius 2 is 2.05 bits per heavy atom. The summed E-state index contributed by atoms with van der Waals surface area (Å²) >= 11 is 0. The highest BCUT2D eigenvalue weighted by Crippen LogP contribution is 2.26. The molecule has 6 heteroatoms. The van der Waals surface area contributed by atoms with Crippen molar-refractivity contribution in [2.45, 2.75) is 26.4 Å². The van der Waals surface area contributed by atoms with E-state index >= 15 is 0 Å². The highest BCUT2D eigenvalue weighted by Gasteiger charge is 2.18. The van der Waals surface area contributed by atoms with E-state index in [2.05, 4.69) is 5.32 Å². The van der Waals surface area contributed by atoms with Crippen molar-refractivity contribution in [3.63, 3.8) is 0 Å². The number of non-ortho nitro benzene ring substituents is 1. The molecule has 0 aromatic heterocycles. The minimum absolute atomic E-state index is 0.00364. The summed E-state index contributed by atoms with van der Waals surface area (Å²) in [6.07, 6.45) is 0. The number of benzene rings is 1. The third-order valence-corrected chi connectivity index (χ3v) is 2.59. The van der Waals surface area contributed by atoms with Crippen LogP contribution in [0.15, 0.2) is 18.2 Å². The zero-order chi connectivity index (χ0) is 14.5. The Labute approximate surface area is 112 Å². The third kappa shape index (κ3) is 4.75. The quantitative estimate of drug-likeness (QED) is 0.608. The molecule has 1 N–H and O–H groups in total. The van der Waals surface area contributed by atoms with Crippen LogP contribution in [-0.4, -0.2) is 30.8 Å². The molecule has 1 rings (SSSR count). The first-order valence-corrected chi connectivity index (χ1v) is 6.09. The molecule has 0 unspecified atom stereocenters. The molecule has 1 aromatic rings. The molecule has 0 aliphatic rings. The van der Waals surface area contributed by atoms with Crippen LogP contribution in [0.4, 0.5) is 11.4 Å². The summed E-state index contributed by atoms with van der Waals surface area (Å²) in [4.78, 5) is 10.4. The minimum Gasteiger partial charge on any atom is -0.496 e. The molecule has 0 atom stereocenters. The van der Waals surface area contributed by atoms with E-state index in [9.17, 15) is 10.1 Å². The highest BCUT2D eigenvalue weighted by molar-refractivity contribution is 5.56. The molecule has 0 aliphatic heterocycles. The summed E-state index contributed by atoms with van der Waals surface area (Å²) in [6, 6.07) is 4.58. The molecule has 0 spiro atoms. The van der Waals surface area contributed by atoms with Crippen molar-refractivity contribution in [2.75, 3.05) is 25.6 Å². The van der Waals surface area contributed by atoms with Crippen molar-refractivity contribution in [1.29, 1.82) is 0 Å². The van der Waals surface area contributed by atoms with Gasteiger partial charge in [-0.05, 0) is 20.8 Å². The molecule has 106 valence electrons. The molecule has 19 heavy (non-hydrogen) atoms. The molecule has 6 nitrogen and oxygen atoms in total. The molecular formula is C13H20N2O4. The van der Waals surface area contributed by atoms with Crippen LogP contribution in [0.1, 0.15) is 20.8 Å². The first-order valence-electron chi connectivity index (χ1n) is 6.09. The van der Waals surface area contributed by atoms with Gasteiger partial charge >= 0.3 is 0 Å². The Hall–Kier alpha value is -1.82. The van der Waals surface area contributed by atoms with Gasteiger partial charge in [0.1, 0.15) is 5.75 Å². The molecule has 0 heterocycles. The van der Waals surface area contributed by atoms with Gasteiger partial charge in [-0.25, -0.2) is 0 Å². The normalized spacial score (nSPS) is 11.2. The number of ether oxygens (including phenoxy) is 2. The number of nitro groups is 1. The van der Waals surface area contributed by atoms with Gasteiger partial charge in [0, 0.05) is 31.0 Å². The summed E-state index contributed by atoms with van der Waals surface area (Å²) < 4.78 is 10.6. The lowest BCUT2D eigenvalue weighted by atomic mass is 10.1.